The number of hydrogen-bond donors (Lipinski definition) is 2. The number of aromatic nitrogens is 1. The van der Waals surface area contributed by atoms with Crippen molar-refractivity contribution in [2.75, 3.05) is 11.4 Å². The van der Waals surface area contributed by atoms with Crippen LogP contribution in [0.15, 0.2) is 70.7 Å². The maximum atomic E-state index is 11.4. The average molecular weight is 420 g/mol. The molecule has 0 fully saturated rings. The van der Waals surface area contributed by atoms with E-state index in [1.54, 1.807) is 11.8 Å². The maximum Gasteiger partial charge on any atom is 0.223 e. The quantitative estimate of drug-likeness (QED) is 0.576. The molecule has 4 N–H and O–H groups in total. The molecule has 2 amide bonds. The molecule has 0 unspecified atom stereocenters. The van der Waals surface area contributed by atoms with E-state index in [0.29, 0.717) is 19.5 Å². The topological polar surface area (TPSA) is 93.3 Å². The predicted molar refractivity (Wildman–Crippen MR) is 119 cm³/mol. The molecule has 3 aromatic rings. The Kier molecular flexibility index (Phi) is 5.72. The molecule has 0 saturated carbocycles. The van der Waals surface area contributed by atoms with Gasteiger partial charge in [0.05, 0.1) is 22.5 Å². The van der Waals surface area contributed by atoms with E-state index in [0.717, 1.165) is 32.1 Å². The zero-order chi connectivity index (χ0) is 21.1. The first-order valence-corrected chi connectivity index (χ1v) is 10.6. The van der Waals surface area contributed by atoms with Crippen LogP contribution in [0.1, 0.15) is 18.4 Å². The van der Waals surface area contributed by atoms with Gasteiger partial charge in [0.15, 0.2) is 12.7 Å². The SMILES string of the molecule is NC(=O)CCN1C(=Cc2cc[n+](CCC(N)=O)c3ccccc23)Sc2ccccc21. The van der Waals surface area contributed by atoms with E-state index in [2.05, 4.69) is 29.2 Å². The number of fused-ring (bicyclic) bond motifs is 2. The largest absolute Gasteiger partial charge is 0.370 e. The molecule has 0 saturated heterocycles. The van der Waals surface area contributed by atoms with E-state index >= 15 is 0 Å². The number of amides is 2. The number of rotatable bonds is 7. The second-order valence-corrected chi connectivity index (χ2v) is 8.18. The summed E-state index contributed by atoms with van der Waals surface area (Å²) in [5.41, 5.74) is 13.9. The van der Waals surface area contributed by atoms with Crippen molar-refractivity contribution in [3.8, 4) is 0 Å². The molecule has 0 atom stereocenters. The average Bonchev–Trinajstić information content (AvgIpc) is 3.08. The van der Waals surface area contributed by atoms with Crippen LogP contribution in [-0.4, -0.2) is 18.4 Å². The molecule has 1 aromatic heterocycles. The molecule has 152 valence electrons. The van der Waals surface area contributed by atoms with Gasteiger partial charge in [-0.3, -0.25) is 9.59 Å². The molecule has 7 heteroatoms. The number of pyridine rings is 1. The zero-order valence-corrected chi connectivity index (χ0v) is 17.3. The van der Waals surface area contributed by atoms with Crippen LogP contribution in [0.25, 0.3) is 17.0 Å². The van der Waals surface area contributed by atoms with Gasteiger partial charge in [-0.1, -0.05) is 36.0 Å². The molecule has 2 heterocycles. The Morgan fingerprint density at radius 3 is 2.50 bits per heavy atom. The Labute approximate surface area is 179 Å². The van der Waals surface area contributed by atoms with Crippen molar-refractivity contribution in [3.63, 3.8) is 0 Å². The number of nitrogens with two attached hydrogens (primary N) is 2. The Morgan fingerprint density at radius 1 is 0.967 bits per heavy atom. The highest BCUT2D eigenvalue weighted by Crippen LogP contribution is 2.46. The lowest BCUT2D eigenvalue weighted by Gasteiger charge is -2.20. The monoisotopic (exact) mass is 419 g/mol. The number of benzene rings is 2. The summed E-state index contributed by atoms with van der Waals surface area (Å²) < 4.78 is 2.05. The number of nitrogens with zero attached hydrogens (tertiary/aromatic N) is 2. The lowest BCUT2D eigenvalue weighted by molar-refractivity contribution is -0.670. The second-order valence-electron chi connectivity index (χ2n) is 7.12. The lowest BCUT2D eigenvalue weighted by Crippen LogP contribution is -2.36. The van der Waals surface area contributed by atoms with Crippen LogP contribution in [0.3, 0.4) is 0 Å². The van der Waals surface area contributed by atoms with Crippen molar-refractivity contribution < 1.29 is 14.2 Å². The molecule has 0 bridgehead atoms. The van der Waals surface area contributed by atoms with Crippen LogP contribution in [0.4, 0.5) is 5.69 Å². The van der Waals surface area contributed by atoms with Crippen LogP contribution in [0, 0.1) is 0 Å². The van der Waals surface area contributed by atoms with Crippen LogP contribution < -0.4 is 20.9 Å². The van der Waals surface area contributed by atoms with Gasteiger partial charge in [-0.25, -0.2) is 0 Å². The summed E-state index contributed by atoms with van der Waals surface area (Å²) in [6.45, 7) is 1.08. The van der Waals surface area contributed by atoms with Crippen LogP contribution >= 0.6 is 11.8 Å². The van der Waals surface area contributed by atoms with E-state index in [1.165, 1.54) is 0 Å². The minimum Gasteiger partial charge on any atom is -0.370 e. The van der Waals surface area contributed by atoms with Gasteiger partial charge in [0.1, 0.15) is 0 Å². The Hall–Kier alpha value is -3.32. The number of para-hydroxylation sites is 2. The summed E-state index contributed by atoms with van der Waals surface area (Å²) in [6, 6.07) is 18.3. The minimum atomic E-state index is -0.317. The number of carbonyl (C=O) groups is 2. The van der Waals surface area contributed by atoms with E-state index in [-0.39, 0.29) is 18.2 Å². The first-order valence-electron chi connectivity index (χ1n) is 9.77. The number of carbonyl (C=O) groups excluding carboxylic acids is 2. The van der Waals surface area contributed by atoms with Crippen LogP contribution in [0.5, 0.6) is 0 Å². The fourth-order valence-electron chi connectivity index (χ4n) is 3.61. The standard InChI is InChI=1S/C23H22N4O2S/c24-21(28)10-13-26-12-9-16(17-5-1-2-6-18(17)26)15-23-27(14-11-22(25)29)19-7-3-4-8-20(19)30-23/h1-9,12,15H,10-11,13-14H2,(H3-,24,25,28,29)/p+1. The third-order valence-corrected chi connectivity index (χ3v) is 6.17. The van der Waals surface area contributed by atoms with E-state index < -0.39 is 0 Å². The summed E-state index contributed by atoms with van der Waals surface area (Å²) >= 11 is 1.68. The van der Waals surface area contributed by atoms with Gasteiger partial charge in [-0.2, -0.15) is 4.57 Å². The summed E-state index contributed by atoms with van der Waals surface area (Å²) in [6.07, 6.45) is 4.71. The van der Waals surface area contributed by atoms with Gasteiger partial charge in [0.25, 0.3) is 0 Å². The molecule has 2 aromatic carbocycles. The van der Waals surface area contributed by atoms with E-state index in [4.69, 9.17) is 11.5 Å². The van der Waals surface area contributed by atoms with Gasteiger partial charge < -0.3 is 16.4 Å². The Bertz CT molecular complexity index is 1160. The molecule has 30 heavy (non-hydrogen) atoms. The first-order chi connectivity index (χ1) is 14.5. The van der Waals surface area contributed by atoms with Crippen LogP contribution in [0.2, 0.25) is 0 Å². The fourth-order valence-corrected chi connectivity index (χ4v) is 4.75. The molecule has 0 radical (unpaired) electrons. The smallest absolute Gasteiger partial charge is 0.223 e. The third-order valence-electron chi connectivity index (χ3n) is 5.06. The minimum absolute atomic E-state index is 0.287. The molecule has 6 nitrogen and oxygen atoms in total. The summed E-state index contributed by atoms with van der Waals surface area (Å²) in [5.74, 6) is -0.632. The van der Waals surface area contributed by atoms with Crippen molar-refractivity contribution in [3.05, 3.63) is 71.4 Å². The first kappa shape index (κ1) is 20.0. The van der Waals surface area contributed by atoms with Crippen molar-refractivity contribution >= 4 is 46.2 Å². The molecule has 4 rings (SSSR count). The summed E-state index contributed by atoms with van der Waals surface area (Å²) in [5, 5.41) is 2.14. The number of hydrogen-bond acceptors (Lipinski definition) is 4. The Balaban J connectivity index is 1.74. The number of thioether (sulfide) groups is 1. The number of primary amides is 2. The third kappa shape index (κ3) is 4.16. The molecule has 0 aliphatic carbocycles. The van der Waals surface area contributed by atoms with Crippen molar-refractivity contribution in [2.45, 2.75) is 24.3 Å². The van der Waals surface area contributed by atoms with E-state index in [9.17, 15) is 9.59 Å². The fraction of sp³-hybridized carbons (Fsp3) is 0.174. The molecular weight excluding hydrogens is 396 g/mol. The Morgan fingerprint density at radius 2 is 1.70 bits per heavy atom. The van der Waals surface area contributed by atoms with Gasteiger partial charge in [0.2, 0.25) is 17.3 Å². The van der Waals surface area contributed by atoms with Crippen molar-refractivity contribution in [1.82, 2.24) is 0 Å². The highest BCUT2D eigenvalue weighted by atomic mass is 32.2. The number of anilines is 1. The zero-order valence-electron chi connectivity index (χ0n) is 16.5. The number of aryl methyl sites for hydroxylation is 1. The normalized spacial score (nSPS) is 14.3. The van der Waals surface area contributed by atoms with E-state index in [1.807, 2.05) is 47.2 Å². The maximum absolute atomic E-state index is 11.4. The second kappa shape index (κ2) is 8.59. The highest BCUT2D eigenvalue weighted by Gasteiger charge is 2.25. The molecule has 1 aliphatic heterocycles. The van der Waals surface area contributed by atoms with Crippen molar-refractivity contribution in [1.29, 1.82) is 0 Å². The van der Waals surface area contributed by atoms with Gasteiger partial charge in [0, 0.05) is 30.0 Å². The van der Waals surface area contributed by atoms with Gasteiger partial charge in [-0.15, -0.1) is 0 Å². The molecular formula is C23H23N4O2S+. The molecule has 1 aliphatic rings. The van der Waals surface area contributed by atoms with Gasteiger partial charge >= 0.3 is 0 Å². The lowest BCUT2D eigenvalue weighted by atomic mass is 10.1. The summed E-state index contributed by atoms with van der Waals surface area (Å²) in [7, 11) is 0. The van der Waals surface area contributed by atoms with Crippen molar-refractivity contribution in [2.24, 2.45) is 11.5 Å². The van der Waals surface area contributed by atoms with Crippen LogP contribution in [-0.2, 0) is 16.1 Å². The highest BCUT2D eigenvalue weighted by molar-refractivity contribution is 8.03. The summed E-state index contributed by atoms with van der Waals surface area (Å²) in [4.78, 5) is 25.9. The molecule has 0 spiro atoms. The predicted octanol–water partition coefficient (Wildman–Crippen LogP) is 2.79. The van der Waals surface area contributed by atoms with Gasteiger partial charge in [-0.05, 0) is 29.8 Å².